The Morgan fingerprint density at radius 1 is 1.25 bits per heavy atom. The van der Waals surface area contributed by atoms with E-state index in [1.54, 1.807) is 0 Å². The van der Waals surface area contributed by atoms with Gasteiger partial charge in [0.25, 0.3) is 0 Å². The second-order valence-corrected chi connectivity index (χ2v) is 6.50. The lowest BCUT2D eigenvalue weighted by Crippen LogP contribution is -2.48. The van der Waals surface area contributed by atoms with Crippen LogP contribution in [0.5, 0.6) is 0 Å². The molecule has 94 valence electrons. The normalized spacial score (nSPS) is 35.4. The summed E-state index contributed by atoms with van der Waals surface area (Å²) in [6.07, 6.45) is 6.91. The summed E-state index contributed by atoms with van der Waals surface area (Å²) < 4.78 is 0. The van der Waals surface area contributed by atoms with E-state index in [9.17, 15) is 0 Å². The Morgan fingerprint density at radius 3 is 2.69 bits per heavy atom. The minimum Gasteiger partial charge on any atom is -0.310 e. The van der Waals surface area contributed by atoms with Gasteiger partial charge in [0.15, 0.2) is 0 Å². The molecule has 2 atom stereocenters. The summed E-state index contributed by atoms with van der Waals surface area (Å²) in [6.45, 7) is 10.9. The third-order valence-electron chi connectivity index (χ3n) is 4.39. The van der Waals surface area contributed by atoms with Crippen molar-refractivity contribution in [3.05, 3.63) is 0 Å². The maximum Gasteiger partial charge on any atom is 0.0198 e. The summed E-state index contributed by atoms with van der Waals surface area (Å²) in [6, 6.07) is 1.55. The highest BCUT2D eigenvalue weighted by Gasteiger charge is 2.32. The molecule has 1 N–H and O–H groups in total. The van der Waals surface area contributed by atoms with Crippen LogP contribution >= 0.6 is 0 Å². The van der Waals surface area contributed by atoms with Crippen LogP contribution in [0.4, 0.5) is 0 Å². The first-order chi connectivity index (χ1) is 7.59. The molecule has 1 aliphatic carbocycles. The summed E-state index contributed by atoms with van der Waals surface area (Å²) in [5.41, 5.74) is 0.580. The van der Waals surface area contributed by atoms with Crippen LogP contribution in [-0.4, -0.2) is 36.6 Å². The fraction of sp³-hybridized carbons (Fsp3) is 1.00. The van der Waals surface area contributed by atoms with Gasteiger partial charge in [0, 0.05) is 18.6 Å². The maximum absolute atomic E-state index is 3.90. The van der Waals surface area contributed by atoms with Gasteiger partial charge >= 0.3 is 0 Å². The molecule has 0 aromatic carbocycles. The topological polar surface area (TPSA) is 15.3 Å². The predicted molar refractivity (Wildman–Crippen MR) is 69.7 cm³/mol. The average Bonchev–Trinajstić information content (AvgIpc) is 2.58. The van der Waals surface area contributed by atoms with Gasteiger partial charge in [-0.3, -0.25) is 0 Å². The fourth-order valence-corrected chi connectivity index (χ4v) is 3.39. The third kappa shape index (κ3) is 3.21. The molecule has 0 spiro atoms. The number of nitrogens with one attached hydrogen (secondary N) is 1. The van der Waals surface area contributed by atoms with Crippen molar-refractivity contribution in [3.8, 4) is 0 Å². The molecule has 0 bridgehead atoms. The quantitative estimate of drug-likeness (QED) is 0.793. The molecule has 2 nitrogen and oxygen atoms in total. The summed E-state index contributed by atoms with van der Waals surface area (Å²) in [7, 11) is 0. The van der Waals surface area contributed by atoms with E-state index in [1.807, 2.05) is 0 Å². The summed E-state index contributed by atoms with van der Waals surface area (Å²) >= 11 is 0. The Bertz CT molecular complexity index is 225. The second-order valence-electron chi connectivity index (χ2n) is 6.50. The molecular weight excluding hydrogens is 196 g/mol. The van der Waals surface area contributed by atoms with Gasteiger partial charge in [-0.1, -0.05) is 20.8 Å². The van der Waals surface area contributed by atoms with E-state index in [0.717, 1.165) is 12.1 Å². The number of nitrogens with zero attached hydrogens (tertiary/aromatic N) is 1. The Morgan fingerprint density at radius 2 is 2.06 bits per heavy atom. The second kappa shape index (κ2) is 5.05. The van der Waals surface area contributed by atoms with Gasteiger partial charge in [-0.15, -0.1) is 0 Å². The van der Waals surface area contributed by atoms with E-state index in [0.29, 0.717) is 5.41 Å². The van der Waals surface area contributed by atoms with Gasteiger partial charge in [0.05, 0.1) is 0 Å². The van der Waals surface area contributed by atoms with Crippen molar-refractivity contribution >= 4 is 0 Å². The van der Waals surface area contributed by atoms with E-state index >= 15 is 0 Å². The van der Waals surface area contributed by atoms with Crippen molar-refractivity contribution < 1.29 is 0 Å². The number of likely N-dealkylation sites (N-methyl/N-ethyl adjacent to an activating group) is 1. The molecule has 16 heavy (non-hydrogen) atoms. The van der Waals surface area contributed by atoms with Gasteiger partial charge in [-0.25, -0.2) is 0 Å². The first-order valence-electron chi connectivity index (χ1n) is 7.07. The first-order valence-corrected chi connectivity index (χ1v) is 7.07. The lowest BCUT2D eigenvalue weighted by atomic mass is 9.91. The zero-order valence-corrected chi connectivity index (χ0v) is 11.3. The highest BCUT2D eigenvalue weighted by molar-refractivity contribution is 4.89. The van der Waals surface area contributed by atoms with Crippen LogP contribution < -0.4 is 5.32 Å². The van der Waals surface area contributed by atoms with Crippen LogP contribution in [-0.2, 0) is 0 Å². The summed E-state index contributed by atoms with van der Waals surface area (Å²) in [4.78, 5) is 2.58. The summed E-state index contributed by atoms with van der Waals surface area (Å²) in [5.74, 6) is 0. The third-order valence-corrected chi connectivity index (χ3v) is 4.39. The van der Waals surface area contributed by atoms with Crippen molar-refractivity contribution in [1.29, 1.82) is 0 Å². The number of rotatable bonds is 3. The molecule has 2 heteroatoms. The van der Waals surface area contributed by atoms with Gasteiger partial charge in [-0.2, -0.15) is 0 Å². The molecule has 2 unspecified atom stereocenters. The van der Waals surface area contributed by atoms with E-state index < -0.39 is 0 Å². The minimum absolute atomic E-state index is 0.580. The SMILES string of the molecule is CCN1CCCC(NC2CCC(C)(C)C2)C1. The molecule has 0 aromatic heterocycles. The molecule has 1 heterocycles. The number of likely N-dealkylation sites (tertiary alicyclic amines) is 1. The van der Waals surface area contributed by atoms with E-state index in [-0.39, 0.29) is 0 Å². The molecule has 0 radical (unpaired) electrons. The molecule has 1 saturated carbocycles. The molecule has 2 fully saturated rings. The number of piperidine rings is 1. The van der Waals surface area contributed by atoms with Crippen LogP contribution in [0.3, 0.4) is 0 Å². The monoisotopic (exact) mass is 224 g/mol. The smallest absolute Gasteiger partial charge is 0.0198 e. The molecule has 1 aliphatic heterocycles. The van der Waals surface area contributed by atoms with Crippen LogP contribution in [0.25, 0.3) is 0 Å². The predicted octanol–water partition coefficient (Wildman–Crippen LogP) is 2.64. The Labute approximate surface area is 101 Å². The van der Waals surface area contributed by atoms with Crippen molar-refractivity contribution in [3.63, 3.8) is 0 Å². The minimum atomic E-state index is 0.580. The van der Waals surface area contributed by atoms with Gasteiger partial charge in [0.1, 0.15) is 0 Å². The molecule has 0 aromatic rings. The fourth-order valence-electron chi connectivity index (χ4n) is 3.39. The average molecular weight is 224 g/mol. The van der Waals surface area contributed by atoms with E-state index in [4.69, 9.17) is 0 Å². The Balaban J connectivity index is 1.77. The van der Waals surface area contributed by atoms with Crippen LogP contribution in [0.1, 0.15) is 52.9 Å². The van der Waals surface area contributed by atoms with Crippen molar-refractivity contribution in [1.82, 2.24) is 10.2 Å². The first kappa shape index (κ1) is 12.4. The largest absolute Gasteiger partial charge is 0.310 e. The van der Waals surface area contributed by atoms with E-state index in [1.165, 1.54) is 51.7 Å². The number of hydrogen-bond donors (Lipinski definition) is 1. The zero-order valence-electron chi connectivity index (χ0n) is 11.3. The zero-order chi connectivity index (χ0) is 11.6. The van der Waals surface area contributed by atoms with Gasteiger partial charge in [-0.05, 0) is 50.6 Å². The standard InChI is InChI=1S/C14H28N2/c1-4-16-9-5-6-13(11-16)15-12-7-8-14(2,3)10-12/h12-13,15H,4-11H2,1-3H3. The molecule has 0 amide bonds. The van der Waals surface area contributed by atoms with Gasteiger partial charge < -0.3 is 10.2 Å². The molecular formula is C14H28N2. The van der Waals surface area contributed by atoms with Crippen molar-refractivity contribution in [2.75, 3.05) is 19.6 Å². The Hall–Kier alpha value is -0.0800. The lowest BCUT2D eigenvalue weighted by Gasteiger charge is -2.34. The number of hydrogen-bond acceptors (Lipinski definition) is 2. The summed E-state index contributed by atoms with van der Waals surface area (Å²) in [5, 5.41) is 3.90. The molecule has 1 saturated heterocycles. The van der Waals surface area contributed by atoms with Crippen LogP contribution in [0.15, 0.2) is 0 Å². The Kier molecular flexibility index (Phi) is 3.91. The highest BCUT2D eigenvalue weighted by Crippen LogP contribution is 2.37. The van der Waals surface area contributed by atoms with Crippen molar-refractivity contribution in [2.45, 2.75) is 65.0 Å². The van der Waals surface area contributed by atoms with Crippen molar-refractivity contribution in [2.24, 2.45) is 5.41 Å². The lowest BCUT2D eigenvalue weighted by molar-refractivity contribution is 0.188. The van der Waals surface area contributed by atoms with E-state index in [2.05, 4.69) is 31.0 Å². The van der Waals surface area contributed by atoms with Crippen LogP contribution in [0, 0.1) is 5.41 Å². The van der Waals surface area contributed by atoms with Crippen LogP contribution in [0.2, 0.25) is 0 Å². The highest BCUT2D eigenvalue weighted by atomic mass is 15.2. The van der Waals surface area contributed by atoms with Gasteiger partial charge in [0.2, 0.25) is 0 Å². The molecule has 2 aliphatic rings. The molecule has 2 rings (SSSR count). The maximum atomic E-state index is 3.90.